The summed E-state index contributed by atoms with van der Waals surface area (Å²) in [4.78, 5) is 56.9. The van der Waals surface area contributed by atoms with E-state index in [0.717, 1.165) is 25.5 Å². The zero-order valence-corrected chi connectivity index (χ0v) is 21.7. The molecular formula is C25H41N2O7+. The second kappa shape index (κ2) is 10.1. The van der Waals surface area contributed by atoms with Crippen molar-refractivity contribution in [3.63, 3.8) is 0 Å². The van der Waals surface area contributed by atoms with Gasteiger partial charge in [0.25, 0.3) is 0 Å². The summed E-state index contributed by atoms with van der Waals surface area (Å²) in [6, 6.07) is -1.14. The zero-order valence-electron chi connectivity index (χ0n) is 21.7. The Bertz CT molecular complexity index is 833. The van der Waals surface area contributed by atoms with Crippen molar-refractivity contribution >= 4 is 30.2 Å². The van der Waals surface area contributed by atoms with E-state index in [-0.39, 0.29) is 18.9 Å². The highest BCUT2D eigenvalue weighted by atomic mass is 16.6. The topological polar surface area (TPSA) is 119 Å². The highest BCUT2D eigenvalue weighted by molar-refractivity contribution is 6.23. The molecule has 2 aliphatic rings. The summed E-state index contributed by atoms with van der Waals surface area (Å²) in [5.74, 6) is -2.87. The van der Waals surface area contributed by atoms with Crippen LogP contribution in [0.2, 0.25) is 0 Å². The van der Waals surface area contributed by atoms with Gasteiger partial charge in [-0.15, -0.1) is 4.48 Å². The van der Waals surface area contributed by atoms with Crippen LogP contribution in [-0.4, -0.2) is 69.1 Å². The number of aliphatic carboxylic acids is 1. The molecule has 34 heavy (non-hydrogen) atoms. The standard InChI is InChI=1S/C25H40N2O7/c1-17(26-16-19(28)33-23(2,3)4)20(29)27(22(32)34-24(5,6)7)15-11-14-25(27,21(30)31)18-12-9-8-10-13-18/h16-18H,8-15H2,1-7H3/p+1/t17-,25+,27?/m0/s1. The number of amides is 2. The number of quaternary nitrogens is 1. The number of carboxylic acid groups (broad SMARTS) is 1. The van der Waals surface area contributed by atoms with E-state index in [4.69, 9.17) is 9.47 Å². The highest BCUT2D eigenvalue weighted by Gasteiger charge is 2.73. The highest BCUT2D eigenvalue weighted by Crippen LogP contribution is 2.49. The van der Waals surface area contributed by atoms with Crippen LogP contribution in [0.25, 0.3) is 0 Å². The molecule has 0 bridgehead atoms. The molecule has 3 atom stereocenters. The van der Waals surface area contributed by atoms with E-state index in [1.54, 1.807) is 41.5 Å². The van der Waals surface area contributed by atoms with E-state index in [1.807, 2.05) is 0 Å². The van der Waals surface area contributed by atoms with Crippen LogP contribution in [0.1, 0.15) is 93.4 Å². The molecule has 1 unspecified atom stereocenters. The number of carbonyl (C=O) groups is 4. The molecule has 9 nitrogen and oxygen atoms in total. The van der Waals surface area contributed by atoms with Gasteiger partial charge >= 0.3 is 23.9 Å². The van der Waals surface area contributed by atoms with Crippen LogP contribution >= 0.6 is 0 Å². The van der Waals surface area contributed by atoms with Crippen molar-refractivity contribution in [1.82, 2.24) is 0 Å². The molecule has 9 heteroatoms. The van der Waals surface area contributed by atoms with Crippen LogP contribution in [0.4, 0.5) is 4.79 Å². The van der Waals surface area contributed by atoms with Crippen molar-refractivity contribution in [3.05, 3.63) is 0 Å². The van der Waals surface area contributed by atoms with Crippen LogP contribution in [0, 0.1) is 5.92 Å². The number of aliphatic imine (C=N–C) groups is 1. The zero-order chi connectivity index (χ0) is 25.9. The van der Waals surface area contributed by atoms with E-state index in [2.05, 4.69) is 4.99 Å². The molecule has 1 aliphatic carbocycles. The maximum atomic E-state index is 14.0. The van der Waals surface area contributed by atoms with Gasteiger partial charge in [0.05, 0.1) is 6.54 Å². The SMILES string of the molecule is C[C@H](N=CC(=O)OC(C)(C)C)C(=O)[N+]1(C(=O)OC(C)(C)C)CCC[C@]1(C(=O)O)C1CCCCC1. The Morgan fingerprint density at radius 2 is 1.53 bits per heavy atom. The van der Waals surface area contributed by atoms with Crippen LogP contribution in [0.5, 0.6) is 0 Å². The largest absolute Gasteiger partial charge is 0.525 e. The maximum Gasteiger partial charge on any atom is 0.525 e. The average Bonchev–Trinajstić information content (AvgIpc) is 3.12. The molecule has 0 aromatic rings. The Hall–Kier alpha value is -2.29. The van der Waals surface area contributed by atoms with Crippen molar-refractivity contribution in [2.75, 3.05) is 6.54 Å². The lowest BCUT2D eigenvalue weighted by Crippen LogP contribution is -2.74. The van der Waals surface area contributed by atoms with E-state index in [0.29, 0.717) is 19.3 Å². The first-order valence-corrected chi connectivity index (χ1v) is 12.2. The van der Waals surface area contributed by atoms with Gasteiger partial charge in [0.1, 0.15) is 17.4 Å². The summed E-state index contributed by atoms with van der Waals surface area (Å²) in [6.45, 7) is 11.7. The van der Waals surface area contributed by atoms with Gasteiger partial charge < -0.3 is 14.6 Å². The number of carbonyl (C=O) groups excluding carboxylic acids is 3. The van der Waals surface area contributed by atoms with E-state index < -0.39 is 51.2 Å². The van der Waals surface area contributed by atoms with Crippen molar-refractivity contribution in [2.24, 2.45) is 10.9 Å². The van der Waals surface area contributed by atoms with E-state index in [1.165, 1.54) is 6.92 Å². The van der Waals surface area contributed by atoms with E-state index in [9.17, 15) is 24.3 Å². The summed E-state index contributed by atoms with van der Waals surface area (Å²) in [7, 11) is 0. The summed E-state index contributed by atoms with van der Waals surface area (Å²) < 4.78 is 9.97. The lowest BCUT2D eigenvalue weighted by Gasteiger charge is -2.46. The molecule has 1 N–H and O–H groups in total. The first-order valence-electron chi connectivity index (χ1n) is 12.2. The lowest BCUT2D eigenvalue weighted by atomic mass is 9.71. The Morgan fingerprint density at radius 1 is 0.971 bits per heavy atom. The first-order chi connectivity index (χ1) is 15.6. The monoisotopic (exact) mass is 481 g/mol. The van der Waals surface area contributed by atoms with Gasteiger partial charge in [-0.2, -0.15) is 4.79 Å². The van der Waals surface area contributed by atoms with Gasteiger partial charge in [-0.3, -0.25) is 4.99 Å². The van der Waals surface area contributed by atoms with Crippen LogP contribution in [0.3, 0.4) is 0 Å². The molecule has 0 aromatic carbocycles. The number of hydrogen-bond acceptors (Lipinski definition) is 7. The fourth-order valence-corrected chi connectivity index (χ4v) is 5.39. The molecule has 0 aromatic heterocycles. The number of nitrogens with zero attached hydrogens (tertiary/aromatic N) is 2. The van der Waals surface area contributed by atoms with Crippen LogP contribution in [-0.2, 0) is 23.9 Å². The summed E-state index contributed by atoms with van der Waals surface area (Å²) in [6.07, 6.45) is 4.67. The Morgan fingerprint density at radius 3 is 2.03 bits per heavy atom. The number of imide groups is 1. The average molecular weight is 482 g/mol. The molecule has 192 valence electrons. The van der Waals surface area contributed by atoms with Gasteiger partial charge in [-0.25, -0.2) is 14.4 Å². The summed E-state index contributed by atoms with van der Waals surface area (Å²) >= 11 is 0. The Labute approximate surface area is 202 Å². The third-order valence-electron chi connectivity index (χ3n) is 6.63. The number of hydrogen-bond donors (Lipinski definition) is 1. The fraction of sp³-hybridized carbons (Fsp3) is 0.800. The lowest BCUT2D eigenvalue weighted by molar-refractivity contribution is -0.821. The third kappa shape index (κ3) is 5.67. The molecular weight excluding hydrogens is 440 g/mol. The summed E-state index contributed by atoms with van der Waals surface area (Å²) in [5, 5.41) is 10.6. The maximum absolute atomic E-state index is 14.0. The summed E-state index contributed by atoms with van der Waals surface area (Å²) in [5.41, 5.74) is -3.25. The van der Waals surface area contributed by atoms with Gasteiger partial charge in [0, 0.05) is 18.8 Å². The smallest absolute Gasteiger partial charge is 0.477 e. The van der Waals surface area contributed by atoms with Crippen molar-refractivity contribution in [2.45, 2.75) is 116 Å². The third-order valence-corrected chi connectivity index (χ3v) is 6.63. The number of rotatable bonds is 5. The Balaban J connectivity index is 2.55. The normalized spacial score (nSPS) is 27.4. The minimum Gasteiger partial charge on any atom is -0.477 e. The number of ether oxygens (including phenoxy) is 2. The first kappa shape index (κ1) is 28.0. The van der Waals surface area contributed by atoms with Gasteiger partial charge in [-0.1, -0.05) is 19.3 Å². The van der Waals surface area contributed by atoms with Gasteiger partial charge in [0.15, 0.2) is 6.04 Å². The number of esters is 1. The molecule has 2 fully saturated rings. The predicted octanol–water partition coefficient (Wildman–Crippen LogP) is 4.26. The second-order valence-electron chi connectivity index (χ2n) is 11.5. The molecule has 2 amide bonds. The molecule has 1 saturated heterocycles. The Kier molecular flexibility index (Phi) is 8.33. The molecule has 2 rings (SSSR count). The van der Waals surface area contributed by atoms with Crippen LogP contribution in [0.15, 0.2) is 4.99 Å². The van der Waals surface area contributed by atoms with Crippen molar-refractivity contribution in [3.8, 4) is 0 Å². The minimum absolute atomic E-state index is 0.0306. The molecule has 0 radical (unpaired) electrons. The fourth-order valence-electron chi connectivity index (χ4n) is 5.39. The molecule has 1 saturated carbocycles. The number of likely N-dealkylation sites (tertiary alicyclic amines) is 1. The molecule has 1 heterocycles. The van der Waals surface area contributed by atoms with Gasteiger partial charge in [-0.05, 0) is 61.3 Å². The van der Waals surface area contributed by atoms with Crippen molar-refractivity contribution in [1.29, 1.82) is 0 Å². The quantitative estimate of drug-likeness (QED) is 0.354. The second-order valence-corrected chi connectivity index (χ2v) is 11.5. The number of carboxylic acids is 1. The minimum atomic E-state index is -1.62. The predicted molar refractivity (Wildman–Crippen MR) is 126 cm³/mol. The van der Waals surface area contributed by atoms with E-state index >= 15 is 0 Å². The van der Waals surface area contributed by atoms with Crippen molar-refractivity contribution < 1.29 is 38.2 Å². The molecule has 0 spiro atoms. The van der Waals surface area contributed by atoms with Crippen LogP contribution < -0.4 is 0 Å². The van der Waals surface area contributed by atoms with Gasteiger partial charge in [0.2, 0.25) is 5.54 Å². The molecule has 1 aliphatic heterocycles.